The van der Waals surface area contributed by atoms with Crippen molar-refractivity contribution in [1.82, 2.24) is 15.0 Å². The normalized spacial score (nSPS) is 12.8. The van der Waals surface area contributed by atoms with Crippen LogP contribution < -0.4 is 9.86 Å². The predicted octanol–water partition coefficient (Wildman–Crippen LogP) is 4.07. The summed E-state index contributed by atoms with van der Waals surface area (Å²) in [5.41, 5.74) is 3.26. The first kappa shape index (κ1) is 27.0. The minimum absolute atomic E-state index is 0.0216. The number of rotatable bonds is 8. The zero-order valence-corrected chi connectivity index (χ0v) is 22.5. The SMILES string of the molecule is CC(C)(C)c1ccc(-c2ccc(N(C(CCn3nnc4ccccc4c3=O)C(=O)O)S(C)(=O)=O)cc2)cc1. The van der Waals surface area contributed by atoms with Crippen LogP contribution in [0.5, 0.6) is 0 Å². The zero-order valence-electron chi connectivity index (χ0n) is 21.7. The van der Waals surface area contributed by atoms with Crippen molar-refractivity contribution in [3.63, 3.8) is 0 Å². The van der Waals surface area contributed by atoms with Gasteiger partial charge >= 0.3 is 5.97 Å². The summed E-state index contributed by atoms with van der Waals surface area (Å²) in [7, 11) is -3.98. The summed E-state index contributed by atoms with van der Waals surface area (Å²) in [6.45, 7) is 6.28. The fourth-order valence-electron chi connectivity index (χ4n) is 4.32. The van der Waals surface area contributed by atoms with Crippen molar-refractivity contribution in [2.24, 2.45) is 0 Å². The van der Waals surface area contributed by atoms with E-state index < -0.39 is 27.6 Å². The zero-order chi connectivity index (χ0) is 27.7. The number of aryl methyl sites for hydroxylation is 1. The number of carboxylic acids is 1. The van der Waals surface area contributed by atoms with Gasteiger partial charge in [-0.1, -0.05) is 74.5 Å². The number of nitrogens with zero attached hydrogens (tertiary/aromatic N) is 4. The lowest BCUT2D eigenvalue weighted by atomic mass is 9.86. The molecular weight excluding hydrogens is 504 g/mol. The average molecular weight is 535 g/mol. The molecule has 3 aromatic carbocycles. The van der Waals surface area contributed by atoms with E-state index in [9.17, 15) is 23.1 Å². The van der Waals surface area contributed by atoms with Gasteiger partial charge in [0.2, 0.25) is 10.0 Å². The number of sulfonamides is 1. The number of carbonyl (C=O) groups is 1. The van der Waals surface area contributed by atoms with E-state index in [4.69, 9.17) is 0 Å². The van der Waals surface area contributed by atoms with Crippen LogP contribution in [0.4, 0.5) is 5.69 Å². The van der Waals surface area contributed by atoms with Crippen molar-refractivity contribution in [1.29, 1.82) is 0 Å². The maximum atomic E-state index is 12.8. The van der Waals surface area contributed by atoms with Crippen molar-refractivity contribution in [2.75, 3.05) is 10.6 Å². The van der Waals surface area contributed by atoms with Crippen molar-refractivity contribution in [2.45, 2.75) is 45.2 Å². The maximum Gasteiger partial charge on any atom is 0.327 e. The monoisotopic (exact) mass is 534 g/mol. The standard InChI is InChI=1S/C28H30N4O5S/c1-28(2,3)21-13-9-19(10-14-21)20-11-15-22(16-12-20)32(38(4,36)37)25(27(34)35)17-18-31-26(33)23-7-5-6-8-24(23)29-30-31/h5-16,25H,17-18H2,1-4H3,(H,34,35). The minimum Gasteiger partial charge on any atom is -0.480 e. The lowest BCUT2D eigenvalue weighted by molar-refractivity contribution is -0.138. The Hall–Kier alpha value is -4.05. The number of benzene rings is 3. The molecule has 1 heterocycles. The molecule has 10 heteroatoms. The van der Waals surface area contributed by atoms with Crippen LogP contribution in [-0.4, -0.2) is 46.8 Å². The summed E-state index contributed by atoms with van der Waals surface area (Å²) in [5, 5.41) is 18.2. The topological polar surface area (TPSA) is 122 Å². The van der Waals surface area contributed by atoms with E-state index in [1.54, 1.807) is 48.5 Å². The predicted molar refractivity (Wildman–Crippen MR) is 148 cm³/mol. The van der Waals surface area contributed by atoms with Gasteiger partial charge in [0.05, 0.1) is 17.3 Å². The third-order valence-corrected chi connectivity index (χ3v) is 7.56. The Labute approximate surface area is 221 Å². The number of fused-ring (bicyclic) bond motifs is 1. The summed E-state index contributed by atoms with van der Waals surface area (Å²) in [5.74, 6) is -1.33. The molecule has 0 saturated carbocycles. The van der Waals surface area contributed by atoms with Crippen LogP contribution >= 0.6 is 0 Å². The lowest BCUT2D eigenvalue weighted by Gasteiger charge is -2.29. The van der Waals surface area contributed by atoms with E-state index in [0.29, 0.717) is 10.9 Å². The molecule has 0 aliphatic rings. The summed E-state index contributed by atoms with van der Waals surface area (Å²) in [6, 6.07) is 20.1. The number of hydrogen-bond acceptors (Lipinski definition) is 6. The summed E-state index contributed by atoms with van der Waals surface area (Å²) < 4.78 is 27.5. The number of hydrogen-bond donors (Lipinski definition) is 1. The largest absolute Gasteiger partial charge is 0.480 e. The van der Waals surface area contributed by atoms with Gasteiger partial charge in [-0.15, -0.1) is 5.10 Å². The highest BCUT2D eigenvalue weighted by atomic mass is 32.2. The molecule has 0 amide bonds. The Balaban J connectivity index is 1.62. The fourth-order valence-corrected chi connectivity index (χ4v) is 5.48. The van der Waals surface area contributed by atoms with Gasteiger partial charge in [-0.2, -0.15) is 0 Å². The summed E-state index contributed by atoms with van der Waals surface area (Å²) >= 11 is 0. The molecule has 0 aliphatic heterocycles. The Kier molecular flexibility index (Phi) is 7.37. The molecule has 0 fully saturated rings. The highest BCUT2D eigenvalue weighted by Crippen LogP contribution is 2.29. The van der Waals surface area contributed by atoms with E-state index in [1.807, 2.05) is 12.1 Å². The van der Waals surface area contributed by atoms with Crippen molar-refractivity contribution in [3.8, 4) is 11.1 Å². The van der Waals surface area contributed by atoms with Gasteiger partial charge in [-0.05, 0) is 52.8 Å². The quantitative estimate of drug-likeness (QED) is 0.362. The van der Waals surface area contributed by atoms with E-state index in [-0.39, 0.29) is 24.1 Å². The van der Waals surface area contributed by atoms with Crippen molar-refractivity contribution < 1.29 is 18.3 Å². The van der Waals surface area contributed by atoms with Crippen LogP contribution in [0.3, 0.4) is 0 Å². The molecule has 0 bridgehead atoms. The van der Waals surface area contributed by atoms with E-state index in [1.165, 1.54) is 5.56 Å². The van der Waals surface area contributed by atoms with Gasteiger partial charge in [0.25, 0.3) is 5.56 Å². The van der Waals surface area contributed by atoms with Gasteiger partial charge in [0.1, 0.15) is 11.6 Å². The second-order valence-corrected chi connectivity index (χ2v) is 12.1. The molecule has 1 aromatic heterocycles. The molecule has 0 saturated heterocycles. The highest BCUT2D eigenvalue weighted by Gasteiger charge is 2.33. The molecule has 38 heavy (non-hydrogen) atoms. The summed E-state index contributed by atoms with van der Waals surface area (Å²) in [6.07, 6.45) is 0.773. The molecule has 4 aromatic rings. The molecule has 1 unspecified atom stereocenters. The number of anilines is 1. The molecule has 198 valence electrons. The lowest BCUT2D eigenvalue weighted by Crippen LogP contribution is -2.46. The minimum atomic E-state index is -3.98. The molecule has 0 aliphatic carbocycles. The van der Waals surface area contributed by atoms with Crippen LogP contribution in [0.25, 0.3) is 22.0 Å². The number of aliphatic carboxylic acids is 1. The third kappa shape index (κ3) is 5.75. The van der Waals surface area contributed by atoms with Crippen LogP contribution in [0.1, 0.15) is 32.8 Å². The van der Waals surface area contributed by atoms with Gasteiger partial charge in [0.15, 0.2) is 0 Å². The van der Waals surface area contributed by atoms with E-state index in [2.05, 4.69) is 43.2 Å². The second-order valence-electron chi connectivity index (χ2n) is 10.2. The van der Waals surface area contributed by atoms with E-state index in [0.717, 1.165) is 26.4 Å². The Bertz CT molecular complexity index is 1620. The fraction of sp³-hybridized carbons (Fsp3) is 0.286. The maximum absolute atomic E-state index is 12.8. The highest BCUT2D eigenvalue weighted by molar-refractivity contribution is 7.92. The molecule has 4 rings (SSSR count). The van der Waals surface area contributed by atoms with E-state index >= 15 is 0 Å². The average Bonchev–Trinajstić information content (AvgIpc) is 2.86. The van der Waals surface area contributed by atoms with Gasteiger partial charge in [0, 0.05) is 6.54 Å². The molecule has 0 radical (unpaired) electrons. The first-order chi connectivity index (χ1) is 17.9. The van der Waals surface area contributed by atoms with Crippen LogP contribution in [0.2, 0.25) is 0 Å². The first-order valence-electron chi connectivity index (χ1n) is 12.1. The third-order valence-electron chi connectivity index (χ3n) is 6.38. The van der Waals surface area contributed by atoms with Crippen LogP contribution in [0.15, 0.2) is 77.6 Å². The van der Waals surface area contributed by atoms with Crippen LogP contribution in [-0.2, 0) is 26.8 Å². The molecule has 1 N–H and O–H groups in total. The van der Waals surface area contributed by atoms with Gasteiger partial charge in [-0.25, -0.2) is 17.9 Å². The summed E-state index contributed by atoms with van der Waals surface area (Å²) in [4.78, 5) is 25.0. The van der Waals surface area contributed by atoms with Gasteiger partial charge in [-0.3, -0.25) is 9.10 Å². The first-order valence-corrected chi connectivity index (χ1v) is 14.0. The molecule has 1 atom stereocenters. The molecular formula is C28H30N4O5S. The molecule has 0 spiro atoms. The second kappa shape index (κ2) is 10.4. The smallest absolute Gasteiger partial charge is 0.327 e. The van der Waals surface area contributed by atoms with Gasteiger partial charge < -0.3 is 5.11 Å². The number of carboxylic acid groups (broad SMARTS) is 1. The van der Waals surface area contributed by atoms with Crippen molar-refractivity contribution in [3.05, 3.63) is 88.7 Å². The number of aromatic nitrogens is 3. The Morgan fingerprint density at radius 3 is 2.11 bits per heavy atom. The van der Waals surface area contributed by atoms with Crippen LogP contribution in [0, 0.1) is 0 Å². The Morgan fingerprint density at radius 1 is 0.974 bits per heavy atom. The molecule has 9 nitrogen and oxygen atoms in total. The Morgan fingerprint density at radius 2 is 1.55 bits per heavy atom. The van der Waals surface area contributed by atoms with Crippen molar-refractivity contribution >= 4 is 32.6 Å².